The Morgan fingerprint density at radius 3 is 2.50 bits per heavy atom. The number of nitrogens with one attached hydrogen (secondary N) is 1. The van der Waals surface area contributed by atoms with Gasteiger partial charge in [0, 0.05) is 41.7 Å². The predicted molar refractivity (Wildman–Crippen MR) is 119 cm³/mol. The number of carbonyl (C=O) groups is 3. The van der Waals surface area contributed by atoms with Gasteiger partial charge in [-0.25, -0.2) is 4.79 Å². The van der Waals surface area contributed by atoms with E-state index in [2.05, 4.69) is 25.2 Å². The van der Waals surface area contributed by atoms with E-state index in [9.17, 15) is 14.4 Å². The van der Waals surface area contributed by atoms with Gasteiger partial charge >= 0.3 is 5.97 Å². The van der Waals surface area contributed by atoms with Gasteiger partial charge in [-0.3, -0.25) is 9.59 Å². The molecule has 1 aromatic heterocycles. The average molecular weight is 427 g/mol. The van der Waals surface area contributed by atoms with Gasteiger partial charge in [0.15, 0.2) is 12.4 Å². The number of para-hydroxylation sites is 1. The van der Waals surface area contributed by atoms with Gasteiger partial charge in [-0.05, 0) is 31.0 Å². The van der Waals surface area contributed by atoms with Gasteiger partial charge in [0.2, 0.25) is 5.91 Å². The number of fused-ring (bicyclic) bond motifs is 1. The van der Waals surface area contributed by atoms with Crippen molar-refractivity contribution in [2.45, 2.75) is 40.0 Å². The molecule has 2 heterocycles. The minimum absolute atomic E-state index is 0.267. The Morgan fingerprint density at radius 2 is 1.87 bits per heavy atom. The number of nitrogens with zero attached hydrogens (tertiary/aromatic N) is 1. The smallest absolute Gasteiger partial charge is 0.341 e. The van der Waals surface area contributed by atoms with Crippen LogP contribution in [-0.4, -0.2) is 31.3 Å². The maximum atomic E-state index is 12.6. The van der Waals surface area contributed by atoms with Crippen molar-refractivity contribution >= 4 is 39.7 Å². The maximum absolute atomic E-state index is 12.6. The Morgan fingerprint density at radius 1 is 1.20 bits per heavy atom. The van der Waals surface area contributed by atoms with Crippen LogP contribution in [0.25, 0.3) is 0 Å². The molecule has 0 saturated heterocycles. The fourth-order valence-corrected chi connectivity index (χ4v) is 4.88. The molecule has 1 aliphatic heterocycles. The van der Waals surface area contributed by atoms with Gasteiger partial charge in [0.1, 0.15) is 5.00 Å². The number of aryl methyl sites for hydroxylation is 1. The number of ketones is 1. The number of likely N-dealkylation sites (N-methyl/N-ethyl adjacent to an activating group) is 1. The third-order valence-corrected chi connectivity index (χ3v) is 6.59. The van der Waals surface area contributed by atoms with Crippen LogP contribution in [0.2, 0.25) is 0 Å². The maximum Gasteiger partial charge on any atom is 0.341 e. The molecule has 0 atom stereocenters. The second kappa shape index (κ2) is 8.07. The number of carbonyl (C=O) groups excluding carboxylic acids is 3. The van der Waals surface area contributed by atoms with Gasteiger partial charge < -0.3 is 15.0 Å². The first-order valence-corrected chi connectivity index (χ1v) is 10.5. The molecule has 30 heavy (non-hydrogen) atoms. The summed E-state index contributed by atoms with van der Waals surface area (Å²) in [7, 11) is 1.93. The first-order valence-electron chi connectivity index (χ1n) is 9.67. The summed E-state index contributed by atoms with van der Waals surface area (Å²) in [6.45, 7) is 8.82. The van der Waals surface area contributed by atoms with Crippen molar-refractivity contribution in [3.63, 3.8) is 0 Å². The molecule has 0 unspecified atom stereocenters. The molecule has 2 aromatic rings. The zero-order valence-corrected chi connectivity index (χ0v) is 18.9. The molecule has 1 amide bonds. The monoisotopic (exact) mass is 426 g/mol. The molecule has 0 radical (unpaired) electrons. The minimum Gasteiger partial charge on any atom is -0.454 e. The Kier molecular flexibility index (Phi) is 5.85. The van der Waals surface area contributed by atoms with E-state index in [1.807, 2.05) is 37.1 Å². The number of benzene rings is 1. The highest BCUT2D eigenvalue weighted by molar-refractivity contribution is 7.16. The lowest BCUT2D eigenvalue weighted by atomic mass is 9.83. The number of hydrogen-bond acceptors (Lipinski definition) is 6. The van der Waals surface area contributed by atoms with E-state index in [0.29, 0.717) is 10.6 Å². The van der Waals surface area contributed by atoms with Gasteiger partial charge in [-0.2, -0.15) is 0 Å². The molecule has 1 aliphatic rings. The van der Waals surface area contributed by atoms with Crippen LogP contribution in [0.3, 0.4) is 0 Å². The van der Waals surface area contributed by atoms with Crippen molar-refractivity contribution < 1.29 is 19.1 Å². The number of allylic oxidation sites excluding steroid dienone is 1. The topological polar surface area (TPSA) is 75.7 Å². The Hall–Kier alpha value is -2.93. The average Bonchev–Trinajstić information content (AvgIpc) is 3.05. The van der Waals surface area contributed by atoms with Crippen molar-refractivity contribution in [2.75, 3.05) is 23.9 Å². The van der Waals surface area contributed by atoms with Crippen molar-refractivity contribution in [1.29, 1.82) is 0 Å². The van der Waals surface area contributed by atoms with Crippen molar-refractivity contribution in [3.05, 3.63) is 57.6 Å². The third-order valence-electron chi connectivity index (χ3n) is 5.46. The second-order valence-electron chi connectivity index (χ2n) is 7.94. The van der Waals surface area contributed by atoms with Gasteiger partial charge in [-0.15, -0.1) is 11.3 Å². The molecular weight excluding hydrogens is 400 g/mol. The zero-order chi connectivity index (χ0) is 22.2. The van der Waals surface area contributed by atoms with Crippen molar-refractivity contribution in [3.8, 4) is 0 Å². The number of ether oxygens (including phenoxy) is 1. The summed E-state index contributed by atoms with van der Waals surface area (Å²) < 4.78 is 5.30. The summed E-state index contributed by atoms with van der Waals surface area (Å²) >= 11 is 1.31. The summed E-state index contributed by atoms with van der Waals surface area (Å²) in [4.78, 5) is 39.6. The largest absolute Gasteiger partial charge is 0.454 e. The van der Waals surface area contributed by atoms with Crippen LogP contribution in [0.1, 0.15) is 47.1 Å². The molecule has 0 aliphatic carbocycles. The van der Waals surface area contributed by atoms with E-state index in [1.54, 1.807) is 13.0 Å². The lowest BCUT2D eigenvalue weighted by molar-refractivity contribution is -0.117. The molecule has 158 valence electrons. The third kappa shape index (κ3) is 3.89. The highest BCUT2D eigenvalue weighted by Crippen LogP contribution is 2.46. The van der Waals surface area contributed by atoms with Gasteiger partial charge in [0.05, 0.1) is 5.56 Å². The molecule has 1 aromatic carbocycles. The number of anilines is 2. The molecule has 0 fully saturated rings. The molecule has 3 rings (SSSR count). The van der Waals surface area contributed by atoms with Gasteiger partial charge in [0.25, 0.3) is 0 Å². The molecule has 0 bridgehead atoms. The fraction of sp³-hybridized carbons (Fsp3) is 0.348. The van der Waals surface area contributed by atoms with Crippen LogP contribution < -0.4 is 10.2 Å². The van der Waals surface area contributed by atoms with Crippen molar-refractivity contribution in [2.24, 2.45) is 0 Å². The summed E-state index contributed by atoms with van der Waals surface area (Å²) in [6, 6.07) is 8.03. The first-order chi connectivity index (χ1) is 14.0. The molecular formula is C23H26N2O4S. The SMILES string of the molecule is CC(=O)Nc1sc(C)c(C)c1C(=O)OCC(=O)/C=C1\N(C)c2ccccc2C1(C)C. The predicted octanol–water partition coefficient (Wildman–Crippen LogP) is 4.36. The van der Waals surface area contributed by atoms with Crippen LogP contribution in [0.4, 0.5) is 10.7 Å². The zero-order valence-electron chi connectivity index (χ0n) is 18.1. The molecule has 7 heteroatoms. The van der Waals surface area contributed by atoms with Crippen LogP contribution in [0.15, 0.2) is 36.0 Å². The van der Waals surface area contributed by atoms with E-state index >= 15 is 0 Å². The van der Waals surface area contributed by atoms with E-state index in [1.165, 1.54) is 18.3 Å². The van der Waals surface area contributed by atoms with Crippen molar-refractivity contribution in [1.82, 2.24) is 0 Å². The molecule has 1 N–H and O–H groups in total. The van der Waals surface area contributed by atoms with Gasteiger partial charge in [-0.1, -0.05) is 32.0 Å². The molecule has 6 nitrogen and oxygen atoms in total. The standard InChI is InChI=1S/C23H26N2O4S/c1-13-14(2)30-21(24-15(3)26)20(13)22(28)29-12-16(27)11-19-23(4,5)17-9-7-8-10-18(17)25(19)6/h7-11H,12H2,1-6H3,(H,24,26)/b19-11-. The number of thiophene rings is 1. The first kappa shape index (κ1) is 21.8. The normalized spacial score (nSPS) is 15.8. The fourth-order valence-electron chi connectivity index (χ4n) is 3.78. The summed E-state index contributed by atoms with van der Waals surface area (Å²) in [5.41, 5.74) is 3.78. The number of rotatable bonds is 5. The minimum atomic E-state index is -0.616. The Bertz CT molecular complexity index is 1070. The summed E-state index contributed by atoms with van der Waals surface area (Å²) in [5.74, 6) is -1.18. The van der Waals surface area contributed by atoms with Crippen LogP contribution in [0, 0.1) is 13.8 Å². The van der Waals surface area contributed by atoms with Crippen LogP contribution in [0.5, 0.6) is 0 Å². The Labute approximate surface area is 180 Å². The highest BCUT2D eigenvalue weighted by atomic mass is 32.1. The number of hydrogen-bond donors (Lipinski definition) is 1. The lowest BCUT2D eigenvalue weighted by Crippen LogP contribution is -2.25. The quantitative estimate of drug-likeness (QED) is 0.568. The summed E-state index contributed by atoms with van der Waals surface area (Å²) in [5, 5.41) is 3.11. The van der Waals surface area contributed by atoms with E-state index < -0.39 is 5.97 Å². The number of esters is 1. The molecule has 0 spiro atoms. The summed E-state index contributed by atoms with van der Waals surface area (Å²) in [6.07, 6.45) is 1.55. The Balaban J connectivity index is 1.76. The number of amides is 1. The lowest BCUT2D eigenvalue weighted by Gasteiger charge is -2.23. The van der Waals surface area contributed by atoms with Crippen LogP contribution >= 0.6 is 11.3 Å². The highest BCUT2D eigenvalue weighted by Gasteiger charge is 2.38. The van der Waals surface area contributed by atoms with E-state index in [0.717, 1.165) is 27.4 Å². The van der Waals surface area contributed by atoms with E-state index in [4.69, 9.17) is 4.74 Å². The molecule has 0 saturated carbocycles. The van der Waals surface area contributed by atoms with Crippen LogP contribution in [-0.2, 0) is 19.7 Å². The second-order valence-corrected chi connectivity index (χ2v) is 9.17. The van der Waals surface area contributed by atoms with E-state index in [-0.39, 0.29) is 23.7 Å².